The Morgan fingerprint density at radius 3 is 3.00 bits per heavy atom. The molecule has 98 valence electrons. The first-order valence-electron chi connectivity index (χ1n) is 6.83. The first-order valence-corrected chi connectivity index (χ1v) is 6.83. The first kappa shape index (κ1) is 12.0. The highest BCUT2D eigenvalue weighted by Crippen LogP contribution is 2.28. The van der Waals surface area contributed by atoms with Gasteiger partial charge >= 0.3 is 0 Å². The Labute approximate surface area is 109 Å². The summed E-state index contributed by atoms with van der Waals surface area (Å²) in [6.07, 6.45) is 1.15. The van der Waals surface area contributed by atoms with Gasteiger partial charge in [-0.2, -0.15) is 0 Å². The number of anilines is 1. The van der Waals surface area contributed by atoms with Crippen LogP contribution >= 0.6 is 0 Å². The molecule has 2 aliphatic heterocycles. The molecule has 2 heterocycles. The Morgan fingerprint density at radius 1 is 1.33 bits per heavy atom. The largest absolute Gasteiger partial charge is 0.383 e. The van der Waals surface area contributed by atoms with Crippen LogP contribution in [0.3, 0.4) is 0 Å². The fraction of sp³-hybridized carbons (Fsp3) is 0.600. The van der Waals surface area contributed by atoms with Gasteiger partial charge in [-0.15, -0.1) is 0 Å². The molecule has 0 aromatic heterocycles. The maximum absolute atomic E-state index is 5.61. The van der Waals surface area contributed by atoms with Gasteiger partial charge in [0.1, 0.15) is 0 Å². The molecule has 0 bridgehead atoms. The molecule has 3 rings (SSSR count). The lowest BCUT2D eigenvalue weighted by Crippen LogP contribution is -2.60. The second kappa shape index (κ2) is 4.56. The van der Waals surface area contributed by atoms with Crippen LogP contribution in [0.5, 0.6) is 0 Å². The van der Waals surface area contributed by atoms with E-state index in [1.165, 1.54) is 11.3 Å². The van der Waals surface area contributed by atoms with Crippen molar-refractivity contribution >= 4 is 5.69 Å². The number of nitrogens with zero attached hydrogens (tertiary/aromatic N) is 1. The van der Waals surface area contributed by atoms with Crippen molar-refractivity contribution in [2.24, 2.45) is 0 Å². The molecule has 0 saturated carbocycles. The monoisotopic (exact) mass is 246 g/mol. The molecule has 0 aliphatic carbocycles. The van der Waals surface area contributed by atoms with E-state index >= 15 is 0 Å². The molecule has 1 saturated heterocycles. The summed E-state index contributed by atoms with van der Waals surface area (Å²) < 4.78 is 5.61. The third kappa shape index (κ3) is 2.13. The van der Waals surface area contributed by atoms with E-state index in [1.807, 2.05) is 0 Å². The standard InChI is InChI=1S/C15H22N2O/c1-15(2)11-18-8-7-17(15)13-9-12-5-3-4-6-14(12)16-10-13/h3-6,13,16H,7-11H2,1-2H3. The zero-order chi connectivity index (χ0) is 12.6. The Balaban J connectivity index is 1.79. The summed E-state index contributed by atoms with van der Waals surface area (Å²) in [5.41, 5.74) is 2.90. The van der Waals surface area contributed by atoms with Gasteiger partial charge in [0.25, 0.3) is 0 Å². The zero-order valence-electron chi connectivity index (χ0n) is 11.3. The van der Waals surface area contributed by atoms with E-state index in [4.69, 9.17) is 4.74 Å². The second-order valence-corrected chi connectivity index (χ2v) is 5.95. The Hall–Kier alpha value is -1.06. The number of rotatable bonds is 1. The first-order chi connectivity index (χ1) is 8.67. The Kier molecular flexibility index (Phi) is 3.04. The lowest BCUT2D eigenvalue weighted by Gasteiger charge is -2.48. The molecular weight excluding hydrogens is 224 g/mol. The molecule has 0 radical (unpaired) electrons. The summed E-state index contributed by atoms with van der Waals surface area (Å²) >= 11 is 0. The Bertz CT molecular complexity index is 430. The van der Waals surface area contributed by atoms with Crippen molar-refractivity contribution < 1.29 is 4.74 Å². The quantitative estimate of drug-likeness (QED) is 0.821. The summed E-state index contributed by atoms with van der Waals surface area (Å²) in [7, 11) is 0. The maximum atomic E-state index is 5.61. The highest BCUT2D eigenvalue weighted by molar-refractivity contribution is 5.53. The number of para-hydroxylation sites is 1. The molecular formula is C15H22N2O. The van der Waals surface area contributed by atoms with Crippen LogP contribution in [0, 0.1) is 0 Å². The van der Waals surface area contributed by atoms with Gasteiger partial charge in [-0.05, 0) is 31.9 Å². The van der Waals surface area contributed by atoms with Gasteiger partial charge in [-0.25, -0.2) is 0 Å². The van der Waals surface area contributed by atoms with Crippen LogP contribution in [0.25, 0.3) is 0 Å². The zero-order valence-corrected chi connectivity index (χ0v) is 11.3. The van der Waals surface area contributed by atoms with Gasteiger partial charge in [0, 0.05) is 30.4 Å². The summed E-state index contributed by atoms with van der Waals surface area (Å²) in [5, 5.41) is 3.57. The van der Waals surface area contributed by atoms with Crippen LogP contribution in [0.4, 0.5) is 5.69 Å². The number of nitrogens with one attached hydrogen (secondary N) is 1. The third-order valence-corrected chi connectivity index (χ3v) is 4.15. The van der Waals surface area contributed by atoms with Crippen molar-refractivity contribution in [3.63, 3.8) is 0 Å². The number of ether oxygens (including phenoxy) is 1. The van der Waals surface area contributed by atoms with Crippen LogP contribution < -0.4 is 5.32 Å². The van der Waals surface area contributed by atoms with Crippen LogP contribution in [-0.2, 0) is 11.2 Å². The van der Waals surface area contributed by atoms with E-state index in [0.717, 1.165) is 32.7 Å². The van der Waals surface area contributed by atoms with Crippen LogP contribution in [0.15, 0.2) is 24.3 Å². The normalized spacial score (nSPS) is 27.3. The van der Waals surface area contributed by atoms with Gasteiger partial charge < -0.3 is 10.1 Å². The maximum Gasteiger partial charge on any atom is 0.0645 e. The molecule has 1 aromatic carbocycles. The van der Waals surface area contributed by atoms with Crippen molar-refractivity contribution in [1.82, 2.24) is 4.90 Å². The SMILES string of the molecule is CC1(C)COCCN1C1CNc2ccccc2C1. The molecule has 1 N–H and O–H groups in total. The van der Waals surface area contributed by atoms with Crippen LogP contribution in [-0.4, -0.2) is 42.8 Å². The lowest BCUT2D eigenvalue weighted by molar-refractivity contribution is -0.0698. The minimum atomic E-state index is 0.150. The molecule has 1 fully saturated rings. The van der Waals surface area contributed by atoms with E-state index in [0.29, 0.717) is 6.04 Å². The third-order valence-electron chi connectivity index (χ3n) is 4.15. The predicted molar refractivity (Wildman–Crippen MR) is 74.0 cm³/mol. The fourth-order valence-electron chi connectivity index (χ4n) is 3.19. The van der Waals surface area contributed by atoms with E-state index in [1.54, 1.807) is 0 Å². The number of hydrogen-bond acceptors (Lipinski definition) is 3. The average molecular weight is 246 g/mol. The van der Waals surface area contributed by atoms with Crippen LogP contribution in [0.1, 0.15) is 19.4 Å². The summed E-state index contributed by atoms with van der Waals surface area (Å²) in [4.78, 5) is 2.61. The van der Waals surface area contributed by atoms with Crippen molar-refractivity contribution in [3.8, 4) is 0 Å². The van der Waals surface area contributed by atoms with E-state index in [2.05, 4.69) is 48.3 Å². The smallest absolute Gasteiger partial charge is 0.0645 e. The van der Waals surface area contributed by atoms with Gasteiger partial charge in [0.2, 0.25) is 0 Å². The molecule has 1 unspecified atom stereocenters. The lowest BCUT2D eigenvalue weighted by atomic mass is 9.93. The van der Waals surface area contributed by atoms with Crippen molar-refractivity contribution in [2.45, 2.75) is 31.8 Å². The molecule has 1 atom stereocenters. The topological polar surface area (TPSA) is 24.5 Å². The minimum Gasteiger partial charge on any atom is -0.383 e. The van der Waals surface area contributed by atoms with E-state index < -0.39 is 0 Å². The summed E-state index contributed by atoms with van der Waals surface area (Å²) in [6, 6.07) is 9.23. The molecule has 0 spiro atoms. The molecule has 18 heavy (non-hydrogen) atoms. The minimum absolute atomic E-state index is 0.150. The van der Waals surface area contributed by atoms with Crippen molar-refractivity contribution in [2.75, 3.05) is 31.6 Å². The van der Waals surface area contributed by atoms with E-state index in [9.17, 15) is 0 Å². The van der Waals surface area contributed by atoms with Crippen LogP contribution in [0.2, 0.25) is 0 Å². The molecule has 1 aromatic rings. The second-order valence-electron chi connectivity index (χ2n) is 5.95. The van der Waals surface area contributed by atoms with Gasteiger partial charge in [-0.3, -0.25) is 4.90 Å². The highest BCUT2D eigenvalue weighted by Gasteiger charge is 2.36. The van der Waals surface area contributed by atoms with Gasteiger partial charge in [0.05, 0.1) is 13.2 Å². The molecule has 2 aliphatic rings. The highest BCUT2D eigenvalue weighted by atomic mass is 16.5. The molecule has 3 heteroatoms. The van der Waals surface area contributed by atoms with Gasteiger partial charge in [-0.1, -0.05) is 18.2 Å². The number of hydrogen-bond donors (Lipinski definition) is 1. The fourth-order valence-corrected chi connectivity index (χ4v) is 3.19. The van der Waals surface area contributed by atoms with Gasteiger partial charge in [0.15, 0.2) is 0 Å². The summed E-state index contributed by atoms with van der Waals surface area (Å²) in [5.74, 6) is 0. The number of benzene rings is 1. The van der Waals surface area contributed by atoms with Crippen molar-refractivity contribution in [1.29, 1.82) is 0 Å². The average Bonchev–Trinajstić information content (AvgIpc) is 2.38. The molecule has 3 nitrogen and oxygen atoms in total. The predicted octanol–water partition coefficient (Wildman–Crippen LogP) is 2.13. The van der Waals surface area contributed by atoms with Crippen molar-refractivity contribution in [3.05, 3.63) is 29.8 Å². The van der Waals surface area contributed by atoms with E-state index in [-0.39, 0.29) is 5.54 Å². The number of morpholine rings is 1. The molecule has 0 amide bonds. The Morgan fingerprint density at radius 2 is 2.17 bits per heavy atom. The summed E-state index contributed by atoms with van der Waals surface area (Å²) in [6.45, 7) is 8.36. The number of fused-ring (bicyclic) bond motifs is 1.